The minimum atomic E-state index is -1.15. The molecule has 0 saturated heterocycles. The van der Waals surface area contributed by atoms with E-state index in [1.54, 1.807) is 6.92 Å². The second-order valence-corrected chi connectivity index (χ2v) is 3.34. The van der Waals surface area contributed by atoms with Gasteiger partial charge in [-0.1, -0.05) is 6.07 Å². The number of aliphatic imine (C=N–C) groups is 1. The lowest BCUT2D eigenvalue weighted by Gasteiger charge is -2.09. The first-order valence-electron chi connectivity index (χ1n) is 4.53. The molecule has 1 aromatic rings. The van der Waals surface area contributed by atoms with Crippen LogP contribution < -0.4 is 11.5 Å². The standard InChI is InChI=1S/C10H13N3O3/c1-5-4-6(2-3-7(5)14)8(9(15)16)13-10(11)12/h2-4,8,14H,1H3,(H,15,16)(H4,11,12,13). The Kier molecular flexibility index (Phi) is 3.34. The Morgan fingerprint density at radius 1 is 1.44 bits per heavy atom. The Labute approximate surface area is 92.2 Å². The number of phenolic OH excluding ortho intramolecular Hbond substituents is 1. The van der Waals surface area contributed by atoms with Crippen molar-refractivity contribution >= 4 is 11.9 Å². The number of benzene rings is 1. The number of nitrogens with zero attached hydrogens (tertiary/aromatic N) is 1. The Bertz CT molecular complexity index is 439. The summed E-state index contributed by atoms with van der Waals surface area (Å²) in [5.41, 5.74) is 11.3. The van der Waals surface area contributed by atoms with Gasteiger partial charge in [-0.15, -0.1) is 0 Å². The zero-order valence-electron chi connectivity index (χ0n) is 8.71. The number of rotatable bonds is 3. The van der Waals surface area contributed by atoms with Gasteiger partial charge >= 0.3 is 5.97 Å². The third-order valence-corrected chi connectivity index (χ3v) is 2.05. The van der Waals surface area contributed by atoms with Crippen LogP contribution in [0.15, 0.2) is 23.2 Å². The van der Waals surface area contributed by atoms with Gasteiger partial charge in [0.2, 0.25) is 0 Å². The Hall–Kier alpha value is -2.24. The SMILES string of the molecule is Cc1cc(C(N=C(N)N)C(=O)O)ccc1O. The number of carbonyl (C=O) groups is 1. The topological polar surface area (TPSA) is 122 Å². The number of aliphatic carboxylic acids is 1. The number of aryl methyl sites for hydroxylation is 1. The summed E-state index contributed by atoms with van der Waals surface area (Å²) in [6.07, 6.45) is 0. The highest BCUT2D eigenvalue weighted by molar-refractivity contribution is 5.82. The zero-order chi connectivity index (χ0) is 12.3. The van der Waals surface area contributed by atoms with Crippen LogP contribution in [0.5, 0.6) is 5.75 Å². The number of nitrogens with two attached hydrogens (primary N) is 2. The van der Waals surface area contributed by atoms with E-state index in [9.17, 15) is 9.90 Å². The molecule has 0 bridgehead atoms. The molecular weight excluding hydrogens is 210 g/mol. The Morgan fingerprint density at radius 2 is 2.06 bits per heavy atom. The first-order valence-corrected chi connectivity index (χ1v) is 4.53. The Balaban J connectivity index is 3.17. The molecule has 6 nitrogen and oxygen atoms in total. The molecule has 0 saturated carbocycles. The number of hydrogen-bond acceptors (Lipinski definition) is 3. The van der Waals surface area contributed by atoms with Crippen molar-refractivity contribution < 1.29 is 15.0 Å². The number of hydrogen-bond donors (Lipinski definition) is 4. The van der Waals surface area contributed by atoms with E-state index >= 15 is 0 Å². The lowest BCUT2D eigenvalue weighted by Crippen LogP contribution is -2.25. The van der Waals surface area contributed by atoms with Gasteiger partial charge in [-0.25, -0.2) is 9.79 Å². The molecule has 0 aromatic heterocycles. The molecule has 1 unspecified atom stereocenters. The number of phenols is 1. The minimum absolute atomic E-state index is 0.0950. The molecule has 0 amide bonds. The highest BCUT2D eigenvalue weighted by atomic mass is 16.4. The number of carboxylic acids is 1. The highest BCUT2D eigenvalue weighted by Crippen LogP contribution is 2.23. The molecule has 0 aliphatic carbocycles. The lowest BCUT2D eigenvalue weighted by molar-refractivity contribution is -0.138. The molecule has 0 aliphatic rings. The monoisotopic (exact) mass is 223 g/mol. The zero-order valence-corrected chi connectivity index (χ0v) is 8.71. The first-order chi connectivity index (χ1) is 7.41. The van der Waals surface area contributed by atoms with Gasteiger partial charge in [-0.05, 0) is 30.2 Å². The lowest BCUT2D eigenvalue weighted by atomic mass is 10.0. The molecule has 6 N–H and O–H groups in total. The Morgan fingerprint density at radius 3 is 2.50 bits per heavy atom. The van der Waals surface area contributed by atoms with Crippen molar-refractivity contribution in [2.75, 3.05) is 0 Å². The summed E-state index contributed by atoms with van der Waals surface area (Å²) in [6.45, 7) is 1.66. The van der Waals surface area contributed by atoms with E-state index in [1.807, 2.05) is 0 Å². The van der Waals surface area contributed by atoms with Crippen molar-refractivity contribution in [2.24, 2.45) is 16.5 Å². The smallest absolute Gasteiger partial charge is 0.333 e. The maximum atomic E-state index is 11.0. The molecule has 0 fully saturated rings. The molecule has 0 heterocycles. The summed E-state index contributed by atoms with van der Waals surface area (Å²) < 4.78 is 0. The summed E-state index contributed by atoms with van der Waals surface area (Å²) in [6, 6.07) is 3.25. The normalized spacial score (nSPS) is 11.8. The molecule has 16 heavy (non-hydrogen) atoms. The van der Waals surface area contributed by atoms with Crippen LogP contribution in [0.4, 0.5) is 0 Å². The van der Waals surface area contributed by atoms with E-state index in [1.165, 1.54) is 18.2 Å². The maximum Gasteiger partial charge on any atom is 0.333 e. The highest BCUT2D eigenvalue weighted by Gasteiger charge is 2.19. The largest absolute Gasteiger partial charge is 0.508 e. The van der Waals surface area contributed by atoms with Crippen LogP contribution in [0.25, 0.3) is 0 Å². The minimum Gasteiger partial charge on any atom is -0.508 e. The maximum absolute atomic E-state index is 11.0. The van der Waals surface area contributed by atoms with Crippen LogP contribution >= 0.6 is 0 Å². The molecule has 1 atom stereocenters. The molecule has 86 valence electrons. The van der Waals surface area contributed by atoms with E-state index in [-0.39, 0.29) is 11.7 Å². The van der Waals surface area contributed by atoms with Gasteiger partial charge in [0.1, 0.15) is 5.75 Å². The van der Waals surface area contributed by atoms with Crippen molar-refractivity contribution in [3.8, 4) is 5.75 Å². The molecule has 1 aromatic carbocycles. The predicted molar refractivity (Wildman–Crippen MR) is 59.0 cm³/mol. The van der Waals surface area contributed by atoms with E-state index in [0.717, 1.165) is 0 Å². The summed E-state index contributed by atoms with van der Waals surface area (Å²) >= 11 is 0. The molecule has 1 rings (SSSR count). The van der Waals surface area contributed by atoms with Gasteiger partial charge in [-0.3, -0.25) is 0 Å². The third-order valence-electron chi connectivity index (χ3n) is 2.05. The van der Waals surface area contributed by atoms with Crippen LogP contribution in [-0.2, 0) is 4.79 Å². The summed E-state index contributed by atoms with van der Waals surface area (Å²) in [4.78, 5) is 14.6. The van der Waals surface area contributed by atoms with Crippen LogP contribution in [0.3, 0.4) is 0 Å². The summed E-state index contributed by atoms with van der Waals surface area (Å²) in [5.74, 6) is -1.35. The van der Waals surface area contributed by atoms with Gasteiger partial charge in [0.25, 0.3) is 0 Å². The summed E-state index contributed by atoms with van der Waals surface area (Å²) in [7, 11) is 0. The number of aromatic hydroxyl groups is 1. The van der Waals surface area contributed by atoms with Crippen LogP contribution in [-0.4, -0.2) is 22.1 Å². The number of carboxylic acid groups (broad SMARTS) is 1. The van der Waals surface area contributed by atoms with Crippen LogP contribution in [0.1, 0.15) is 17.2 Å². The van der Waals surface area contributed by atoms with E-state index in [0.29, 0.717) is 11.1 Å². The molecule has 0 radical (unpaired) electrons. The van der Waals surface area contributed by atoms with E-state index in [2.05, 4.69) is 4.99 Å². The fraction of sp³-hybridized carbons (Fsp3) is 0.200. The predicted octanol–water partition coefficient (Wildman–Crippen LogP) is 0.0997. The van der Waals surface area contributed by atoms with Gasteiger partial charge < -0.3 is 21.7 Å². The molecule has 0 aliphatic heterocycles. The van der Waals surface area contributed by atoms with Gasteiger partial charge in [-0.2, -0.15) is 0 Å². The van der Waals surface area contributed by atoms with E-state index in [4.69, 9.17) is 16.6 Å². The number of guanidine groups is 1. The second-order valence-electron chi connectivity index (χ2n) is 3.34. The average Bonchev–Trinajstić information content (AvgIpc) is 2.18. The summed E-state index contributed by atoms with van der Waals surface area (Å²) in [5, 5.41) is 18.3. The van der Waals surface area contributed by atoms with Gasteiger partial charge in [0.05, 0.1) is 0 Å². The van der Waals surface area contributed by atoms with Crippen molar-refractivity contribution in [1.82, 2.24) is 0 Å². The van der Waals surface area contributed by atoms with Gasteiger partial charge in [0, 0.05) is 0 Å². The van der Waals surface area contributed by atoms with Crippen molar-refractivity contribution in [1.29, 1.82) is 0 Å². The van der Waals surface area contributed by atoms with Crippen LogP contribution in [0.2, 0.25) is 0 Å². The first kappa shape index (κ1) is 11.8. The fourth-order valence-electron chi connectivity index (χ4n) is 1.27. The van der Waals surface area contributed by atoms with Crippen LogP contribution in [0, 0.1) is 6.92 Å². The molecule has 0 spiro atoms. The average molecular weight is 223 g/mol. The third kappa shape index (κ3) is 2.63. The molecule has 6 heteroatoms. The fourth-order valence-corrected chi connectivity index (χ4v) is 1.27. The second kappa shape index (κ2) is 4.52. The van der Waals surface area contributed by atoms with Crippen molar-refractivity contribution in [3.05, 3.63) is 29.3 Å². The van der Waals surface area contributed by atoms with Crippen molar-refractivity contribution in [2.45, 2.75) is 13.0 Å². The molecular formula is C10H13N3O3. The van der Waals surface area contributed by atoms with Crippen molar-refractivity contribution in [3.63, 3.8) is 0 Å². The van der Waals surface area contributed by atoms with E-state index < -0.39 is 12.0 Å². The van der Waals surface area contributed by atoms with Gasteiger partial charge in [0.15, 0.2) is 12.0 Å². The quantitative estimate of drug-likeness (QED) is 0.427.